The zero-order valence-electron chi connectivity index (χ0n) is 12.8. The minimum absolute atomic E-state index is 0.0800. The molecular weight excluding hydrogens is 330 g/mol. The normalized spacial score (nSPS) is 28.3. The largest absolute Gasteiger partial charge is 0.378 e. The first-order valence-corrected chi connectivity index (χ1v) is 8.58. The van der Waals surface area contributed by atoms with Crippen molar-refractivity contribution in [1.82, 2.24) is 0 Å². The molecule has 1 aromatic carbocycles. The Kier molecular flexibility index (Phi) is 3.87. The molecule has 3 atom stereocenters. The molecule has 4 heteroatoms. The van der Waals surface area contributed by atoms with Gasteiger partial charge in [-0.05, 0) is 43.9 Å². The maximum atomic E-state index is 12.0. The van der Waals surface area contributed by atoms with Crippen molar-refractivity contribution in [3.8, 4) is 0 Å². The van der Waals surface area contributed by atoms with Gasteiger partial charge in [0.1, 0.15) is 0 Å². The predicted molar refractivity (Wildman–Crippen MR) is 87.9 cm³/mol. The average molecular weight is 352 g/mol. The van der Waals surface area contributed by atoms with Crippen molar-refractivity contribution in [1.29, 1.82) is 0 Å². The lowest BCUT2D eigenvalue weighted by Gasteiger charge is -2.24. The molecular formula is C17H22BrNO2. The number of hydrogen-bond donors (Lipinski definition) is 1. The predicted octanol–water partition coefficient (Wildman–Crippen LogP) is 4.17. The van der Waals surface area contributed by atoms with Crippen molar-refractivity contribution in [2.75, 3.05) is 11.9 Å². The molecule has 1 fully saturated rings. The van der Waals surface area contributed by atoms with Gasteiger partial charge in [-0.2, -0.15) is 0 Å². The van der Waals surface area contributed by atoms with E-state index in [1.54, 1.807) is 0 Å². The zero-order valence-corrected chi connectivity index (χ0v) is 14.4. The summed E-state index contributed by atoms with van der Waals surface area (Å²) in [5, 5.41) is 2.96. The van der Waals surface area contributed by atoms with Gasteiger partial charge in [0.25, 0.3) is 0 Å². The molecule has 3 unspecified atom stereocenters. The fourth-order valence-corrected chi connectivity index (χ4v) is 4.32. The van der Waals surface area contributed by atoms with Crippen molar-refractivity contribution < 1.29 is 9.53 Å². The summed E-state index contributed by atoms with van der Waals surface area (Å²) in [6, 6.07) is 6.32. The van der Waals surface area contributed by atoms with E-state index in [9.17, 15) is 4.79 Å². The van der Waals surface area contributed by atoms with Crippen LogP contribution in [0.4, 0.5) is 5.69 Å². The molecule has 2 aliphatic heterocycles. The van der Waals surface area contributed by atoms with Crippen molar-refractivity contribution >= 4 is 27.5 Å². The first kappa shape index (κ1) is 15.0. The second-order valence-electron chi connectivity index (χ2n) is 6.56. The maximum absolute atomic E-state index is 12.0. The fraction of sp³-hybridized carbons (Fsp3) is 0.588. The van der Waals surface area contributed by atoms with Crippen molar-refractivity contribution in [2.24, 2.45) is 5.92 Å². The van der Waals surface area contributed by atoms with Crippen LogP contribution in [0, 0.1) is 5.92 Å². The Morgan fingerprint density at radius 3 is 2.95 bits per heavy atom. The number of fused-ring (bicyclic) bond motifs is 1. The average Bonchev–Trinajstić information content (AvgIpc) is 3.02. The smallest absolute Gasteiger partial charge is 0.234 e. The number of carbonyl (C=O) groups excluding carboxylic acids is 1. The lowest BCUT2D eigenvalue weighted by Crippen LogP contribution is -2.27. The summed E-state index contributed by atoms with van der Waals surface area (Å²) in [5.41, 5.74) is 2.84. The number of anilines is 1. The molecule has 1 amide bonds. The van der Waals surface area contributed by atoms with Crippen LogP contribution in [0.2, 0.25) is 0 Å². The fourth-order valence-electron chi connectivity index (χ4n) is 3.43. The Hall–Kier alpha value is -0.870. The standard InChI is InChI=1S/C17H22BrNO2/c1-4-14-11(7-8-21-14)15(18)10-5-6-13-12(9-10)17(2,3)16(20)19-13/h5-6,9,11,14-15H,4,7-8H2,1-3H3,(H,19,20). The third-order valence-electron chi connectivity index (χ3n) is 4.89. The van der Waals surface area contributed by atoms with Crippen LogP contribution >= 0.6 is 15.9 Å². The van der Waals surface area contributed by atoms with Crippen LogP contribution in [0.5, 0.6) is 0 Å². The maximum Gasteiger partial charge on any atom is 0.234 e. The number of ether oxygens (including phenoxy) is 1. The monoisotopic (exact) mass is 351 g/mol. The highest BCUT2D eigenvalue weighted by atomic mass is 79.9. The van der Waals surface area contributed by atoms with Crippen LogP contribution in [0.1, 0.15) is 49.6 Å². The zero-order chi connectivity index (χ0) is 15.2. The van der Waals surface area contributed by atoms with Crippen LogP contribution in [0.15, 0.2) is 18.2 Å². The molecule has 0 radical (unpaired) electrons. The molecule has 0 bridgehead atoms. The van der Waals surface area contributed by atoms with Gasteiger partial charge in [-0.1, -0.05) is 35.0 Å². The molecule has 0 aromatic heterocycles. The molecule has 21 heavy (non-hydrogen) atoms. The Morgan fingerprint density at radius 2 is 2.24 bits per heavy atom. The summed E-state index contributed by atoms with van der Waals surface area (Å²) in [7, 11) is 0. The quantitative estimate of drug-likeness (QED) is 0.830. The second-order valence-corrected chi connectivity index (χ2v) is 7.54. The summed E-state index contributed by atoms with van der Waals surface area (Å²) in [4.78, 5) is 12.3. The second kappa shape index (κ2) is 5.40. The number of rotatable bonds is 3. The van der Waals surface area contributed by atoms with Gasteiger partial charge in [-0.3, -0.25) is 4.79 Å². The number of alkyl halides is 1. The molecule has 0 aliphatic carbocycles. The molecule has 1 aromatic rings. The van der Waals surface area contributed by atoms with Gasteiger partial charge in [0, 0.05) is 23.0 Å². The van der Waals surface area contributed by atoms with Gasteiger partial charge in [0.2, 0.25) is 5.91 Å². The molecule has 114 valence electrons. The lowest BCUT2D eigenvalue weighted by atomic mass is 9.83. The Bertz CT molecular complexity index is 570. The van der Waals surface area contributed by atoms with Gasteiger partial charge >= 0.3 is 0 Å². The number of halogens is 1. The van der Waals surface area contributed by atoms with Crippen molar-refractivity contribution in [3.05, 3.63) is 29.3 Å². The number of carbonyl (C=O) groups is 1. The third kappa shape index (κ3) is 2.42. The minimum Gasteiger partial charge on any atom is -0.378 e. The first-order valence-electron chi connectivity index (χ1n) is 7.66. The number of benzene rings is 1. The van der Waals surface area contributed by atoms with E-state index < -0.39 is 5.41 Å². The summed E-state index contributed by atoms with van der Waals surface area (Å²) < 4.78 is 5.81. The molecule has 2 heterocycles. The van der Waals surface area contributed by atoms with Gasteiger partial charge in [0.05, 0.1) is 11.5 Å². The van der Waals surface area contributed by atoms with E-state index in [1.807, 2.05) is 19.9 Å². The summed E-state index contributed by atoms with van der Waals surface area (Å²) in [6.07, 6.45) is 2.46. The van der Waals surface area contributed by atoms with Crippen LogP contribution < -0.4 is 5.32 Å². The Balaban J connectivity index is 1.91. The number of amides is 1. The van der Waals surface area contributed by atoms with Crippen molar-refractivity contribution in [3.63, 3.8) is 0 Å². The molecule has 1 N–H and O–H groups in total. The van der Waals surface area contributed by atoms with E-state index in [4.69, 9.17) is 4.74 Å². The van der Waals surface area contributed by atoms with Gasteiger partial charge < -0.3 is 10.1 Å². The number of nitrogens with one attached hydrogen (secondary N) is 1. The third-order valence-corrected chi connectivity index (χ3v) is 6.10. The van der Waals surface area contributed by atoms with E-state index in [0.29, 0.717) is 12.0 Å². The van der Waals surface area contributed by atoms with E-state index in [0.717, 1.165) is 30.7 Å². The van der Waals surface area contributed by atoms with Gasteiger partial charge in [0.15, 0.2) is 0 Å². The first-order chi connectivity index (χ1) is 9.95. The highest BCUT2D eigenvalue weighted by Gasteiger charge is 2.39. The molecule has 0 saturated carbocycles. The molecule has 3 rings (SSSR count). The van der Waals surface area contributed by atoms with E-state index in [1.165, 1.54) is 5.56 Å². The molecule has 2 aliphatic rings. The highest BCUT2D eigenvalue weighted by molar-refractivity contribution is 9.09. The lowest BCUT2D eigenvalue weighted by molar-refractivity contribution is -0.119. The van der Waals surface area contributed by atoms with Crippen LogP contribution in [0.25, 0.3) is 0 Å². The Morgan fingerprint density at radius 1 is 1.48 bits per heavy atom. The Labute approximate surface area is 134 Å². The van der Waals surface area contributed by atoms with E-state index >= 15 is 0 Å². The van der Waals surface area contributed by atoms with E-state index in [2.05, 4.69) is 40.3 Å². The van der Waals surface area contributed by atoms with Crippen LogP contribution in [-0.4, -0.2) is 18.6 Å². The van der Waals surface area contributed by atoms with Crippen molar-refractivity contribution in [2.45, 2.75) is 50.0 Å². The van der Waals surface area contributed by atoms with Gasteiger partial charge in [-0.25, -0.2) is 0 Å². The summed E-state index contributed by atoms with van der Waals surface area (Å²) in [6.45, 7) is 6.99. The molecule has 1 saturated heterocycles. The minimum atomic E-state index is -0.450. The highest BCUT2D eigenvalue weighted by Crippen LogP contribution is 2.44. The SMILES string of the molecule is CCC1OCCC1C(Br)c1ccc2c(c1)C(C)(C)C(=O)N2. The molecule has 0 spiro atoms. The van der Waals surface area contributed by atoms with Gasteiger partial charge in [-0.15, -0.1) is 0 Å². The van der Waals surface area contributed by atoms with Crippen LogP contribution in [0.3, 0.4) is 0 Å². The van der Waals surface area contributed by atoms with E-state index in [-0.39, 0.29) is 10.7 Å². The van der Waals surface area contributed by atoms with Crippen LogP contribution in [-0.2, 0) is 14.9 Å². The summed E-state index contributed by atoms with van der Waals surface area (Å²) in [5.74, 6) is 0.581. The summed E-state index contributed by atoms with van der Waals surface area (Å²) >= 11 is 3.87. The number of hydrogen-bond acceptors (Lipinski definition) is 2. The molecule has 3 nitrogen and oxygen atoms in total. The topological polar surface area (TPSA) is 38.3 Å².